The minimum Gasteiger partial charge on any atom is -0.484 e. The summed E-state index contributed by atoms with van der Waals surface area (Å²) < 4.78 is 5.58. The second kappa shape index (κ2) is 8.52. The van der Waals surface area contributed by atoms with Crippen LogP contribution in [0.5, 0.6) is 5.75 Å². The third-order valence-electron chi connectivity index (χ3n) is 4.23. The molecule has 0 bridgehead atoms. The summed E-state index contributed by atoms with van der Waals surface area (Å²) in [4.78, 5) is 20.9. The predicted molar refractivity (Wildman–Crippen MR) is 111 cm³/mol. The van der Waals surface area contributed by atoms with E-state index in [0.717, 1.165) is 22.6 Å². The van der Waals surface area contributed by atoms with E-state index in [1.54, 1.807) is 0 Å². The third kappa shape index (κ3) is 5.30. The maximum Gasteiger partial charge on any atom is 0.262 e. The van der Waals surface area contributed by atoms with E-state index in [-0.39, 0.29) is 12.5 Å². The van der Waals surface area contributed by atoms with Crippen LogP contribution in [0.25, 0.3) is 0 Å². The molecule has 1 aromatic heterocycles. The van der Waals surface area contributed by atoms with E-state index in [4.69, 9.17) is 4.74 Å². The van der Waals surface area contributed by atoms with Gasteiger partial charge in [-0.1, -0.05) is 12.1 Å². The summed E-state index contributed by atoms with van der Waals surface area (Å²) in [7, 11) is 0. The molecule has 0 aliphatic heterocycles. The standard InChI is InChI=1S/C22H24N4O2/c1-14-8-9-20(10-15(14)2)28-13-21(27)25-18-6-5-7-19(12-18)26-22-23-16(3)11-17(4)24-22/h5-12H,13H2,1-4H3,(H,25,27)(H,23,24,26). The predicted octanol–water partition coefficient (Wildman–Crippen LogP) is 4.47. The van der Waals surface area contributed by atoms with Crippen molar-refractivity contribution in [2.75, 3.05) is 17.2 Å². The number of hydrogen-bond acceptors (Lipinski definition) is 5. The molecular formula is C22H24N4O2. The van der Waals surface area contributed by atoms with Crippen LogP contribution in [-0.2, 0) is 4.79 Å². The fourth-order valence-electron chi connectivity index (χ4n) is 2.74. The fraction of sp³-hybridized carbons (Fsp3) is 0.227. The Morgan fingerprint density at radius 2 is 1.61 bits per heavy atom. The van der Waals surface area contributed by atoms with Gasteiger partial charge in [0, 0.05) is 22.8 Å². The van der Waals surface area contributed by atoms with E-state index in [1.165, 1.54) is 5.56 Å². The van der Waals surface area contributed by atoms with Crippen LogP contribution in [0.1, 0.15) is 22.5 Å². The summed E-state index contributed by atoms with van der Waals surface area (Å²) in [5.41, 5.74) is 5.56. The van der Waals surface area contributed by atoms with Crippen molar-refractivity contribution in [3.63, 3.8) is 0 Å². The van der Waals surface area contributed by atoms with Crippen LogP contribution in [0.3, 0.4) is 0 Å². The summed E-state index contributed by atoms with van der Waals surface area (Å²) in [5.74, 6) is 0.984. The molecule has 1 heterocycles. The monoisotopic (exact) mass is 376 g/mol. The lowest BCUT2D eigenvalue weighted by molar-refractivity contribution is -0.118. The van der Waals surface area contributed by atoms with E-state index in [2.05, 4.69) is 20.6 Å². The molecule has 2 N–H and O–H groups in total. The smallest absolute Gasteiger partial charge is 0.262 e. The molecule has 3 aromatic rings. The van der Waals surface area contributed by atoms with Crippen LogP contribution in [0.2, 0.25) is 0 Å². The molecule has 0 fully saturated rings. The maximum atomic E-state index is 12.2. The first-order valence-electron chi connectivity index (χ1n) is 9.08. The molecule has 0 saturated heterocycles. The van der Waals surface area contributed by atoms with Crippen LogP contribution >= 0.6 is 0 Å². The van der Waals surface area contributed by atoms with Gasteiger partial charge in [-0.3, -0.25) is 4.79 Å². The highest BCUT2D eigenvalue weighted by molar-refractivity contribution is 5.92. The van der Waals surface area contributed by atoms with Crippen LogP contribution in [0, 0.1) is 27.7 Å². The lowest BCUT2D eigenvalue weighted by Crippen LogP contribution is -2.20. The molecule has 0 spiro atoms. The molecule has 0 radical (unpaired) electrons. The zero-order valence-corrected chi connectivity index (χ0v) is 16.5. The van der Waals surface area contributed by atoms with Gasteiger partial charge in [0.15, 0.2) is 6.61 Å². The van der Waals surface area contributed by atoms with Crippen LogP contribution in [0.4, 0.5) is 17.3 Å². The Morgan fingerprint density at radius 1 is 0.893 bits per heavy atom. The highest BCUT2D eigenvalue weighted by atomic mass is 16.5. The highest BCUT2D eigenvalue weighted by Gasteiger charge is 2.06. The van der Waals surface area contributed by atoms with Crippen molar-refractivity contribution < 1.29 is 9.53 Å². The summed E-state index contributed by atoms with van der Waals surface area (Å²) in [6.07, 6.45) is 0. The van der Waals surface area contributed by atoms with Crippen LogP contribution in [-0.4, -0.2) is 22.5 Å². The number of nitrogens with zero attached hydrogens (tertiary/aromatic N) is 2. The van der Waals surface area contributed by atoms with Crippen LogP contribution < -0.4 is 15.4 Å². The third-order valence-corrected chi connectivity index (χ3v) is 4.23. The van der Waals surface area contributed by atoms with Crippen LogP contribution in [0.15, 0.2) is 48.5 Å². The lowest BCUT2D eigenvalue weighted by atomic mass is 10.1. The van der Waals surface area contributed by atoms with Gasteiger partial charge in [0.25, 0.3) is 5.91 Å². The molecule has 0 unspecified atom stereocenters. The summed E-state index contributed by atoms with van der Waals surface area (Å²) in [5, 5.41) is 6.01. The molecule has 0 atom stereocenters. The van der Waals surface area contributed by atoms with Gasteiger partial charge in [0.1, 0.15) is 5.75 Å². The Labute approximate surface area is 165 Å². The molecule has 0 aliphatic carbocycles. The van der Waals surface area contributed by atoms with E-state index in [1.807, 2.05) is 76.2 Å². The number of nitrogens with one attached hydrogen (secondary N) is 2. The normalized spacial score (nSPS) is 10.4. The minimum absolute atomic E-state index is 0.0552. The van der Waals surface area contributed by atoms with E-state index >= 15 is 0 Å². The number of carbonyl (C=O) groups excluding carboxylic acids is 1. The number of aryl methyl sites for hydroxylation is 4. The Bertz CT molecular complexity index is 981. The van der Waals surface area contributed by atoms with Gasteiger partial charge in [0.2, 0.25) is 5.95 Å². The Balaban J connectivity index is 1.60. The Kier molecular flexibility index (Phi) is 5.89. The number of rotatable bonds is 6. The molecular weight excluding hydrogens is 352 g/mol. The zero-order valence-electron chi connectivity index (χ0n) is 16.5. The first kappa shape index (κ1) is 19.4. The van der Waals surface area contributed by atoms with Gasteiger partial charge in [-0.25, -0.2) is 9.97 Å². The van der Waals surface area contributed by atoms with E-state index in [9.17, 15) is 4.79 Å². The number of anilines is 3. The number of ether oxygens (including phenoxy) is 1. The molecule has 28 heavy (non-hydrogen) atoms. The van der Waals surface area contributed by atoms with E-state index in [0.29, 0.717) is 17.4 Å². The Morgan fingerprint density at radius 3 is 2.32 bits per heavy atom. The molecule has 2 aromatic carbocycles. The second-order valence-electron chi connectivity index (χ2n) is 6.76. The van der Waals surface area contributed by atoms with Crippen molar-refractivity contribution in [3.8, 4) is 5.75 Å². The van der Waals surface area contributed by atoms with Crippen molar-refractivity contribution in [2.45, 2.75) is 27.7 Å². The SMILES string of the molecule is Cc1cc(C)nc(Nc2cccc(NC(=O)COc3ccc(C)c(C)c3)c2)n1. The highest BCUT2D eigenvalue weighted by Crippen LogP contribution is 2.19. The zero-order chi connectivity index (χ0) is 20.1. The first-order chi connectivity index (χ1) is 13.4. The first-order valence-corrected chi connectivity index (χ1v) is 9.08. The molecule has 0 saturated carbocycles. The number of hydrogen-bond donors (Lipinski definition) is 2. The van der Waals surface area contributed by atoms with Gasteiger partial charge < -0.3 is 15.4 Å². The summed E-state index contributed by atoms with van der Waals surface area (Å²) in [6.45, 7) is 7.84. The number of carbonyl (C=O) groups is 1. The van der Waals surface area contributed by atoms with Crippen molar-refractivity contribution >= 4 is 23.2 Å². The van der Waals surface area contributed by atoms with Crippen molar-refractivity contribution in [1.29, 1.82) is 0 Å². The molecule has 144 valence electrons. The largest absolute Gasteiger partial charge is 0.484 e. The molecule has 6 nitrogen and oxygen atoms in total. The van der Waals surface area contributed by atoms with Gasteiger partial charge in [0.05, 0.1) is 0 Å². The van der Waals surface area contributed by atoms with Gasteiger partial charge in [-0.15, -0.1) is 0 Å². The fourth-order valence-corrected chi connectivity index (χ4v) is 2.74. The van der Waals surface area contributed by atoms with Crippen molar-refractivity contribution in [2.24, 2.45) is 0 Å². The summed E-state index contributed by atoms with van der Waals surface area (Å²) >= 11 is 0. The average molecular weight is 376 g/mol. The quantitative estimate of drug-likeness (QED) is 0.664. The lowest BCUT2D eigenvalue weighted by Gasteiger charge is -2.11. The van der Waals surface area contributed by atoms with Gasteiger partial charge in [-0.2, -0.15) is 0 Å². The number of amides is 1. The van der Waals surface area contributed by atoms with E-state index < -0.39 is 0 Å². The molecule has 3 rings (SSSR count). The number of aromatic nitrogens is 2. The van der Waals surface area contributed by atoms with Crippen molar-refractivity contribution in [3.05, 3.63) is 71.0 Å². The molecule has 6 heteroatoms. The minimum atomic E-state index is -0.224. The topological polar surface area (TPSA) is 76.1 Å². The average Bonchev–Trinajstić information content (AvgIpc) is 2.62. The second-order valence-corrected chi connectivity index (χ2v) is 6.76. The Hall–Kier alpha value is -3.41. The summed E-state index contributed by atoms with van der Waals surface area (Å²) in [6, 6.07) is 15.1. The van der Waals surface area contributed by atoms with Gasteiger partial charge >= 0.3 is 0 Å². The van der Waals surface area contributed by atoms with Crippen molar-refractivity contribution in [1.82, 2.24) is 9.97 Å². The molecule has 0 aliphatic rings. The number of benzene rings is 2. The maximum absolute atomic E-state index is 12.2. The van der Waals surface area contributed by atoms with Gasteiger partial charge in [-0.05, 0) is 75.2 Å². The molecule has 1 amide bonds.